The maximum Gasteiger partial charge on any atom is 0.262 e. The van der Waals surface area contributed by atoms with Crippen LogP contribution in [0.15, 0.2) is 52.4 Å². The first-order valence-electron chi connectivity index (χ1n) is 7.90. The van der Waals surface area contributed by atoms with Crippen molar-refractivity contribution in [2.24, 2.45) is 4.99 Å². The van der Waals surface area contributed by atoms with Crippen molar-refractivity contribution in [1.82, 2.24) is 9.62 Å². The van der Waals surface area contributed by atoms with Gasteiger partial charge in [-0.1, -0.05) is 41.9 Å². The molecule has 2 N–H and O–H groups in total. The molecule has 5 nitrogen and oxygen atoms in total. The van der Waals surface area contributed by atoms with Crippen LogP contribution in [-0.4, -0.2) is 35.3 Å². The summed E-state index contributed by atoms with van der Waals surface area (Å²) < 4.78 is 13.8. The van der Waals surface area contributed by atoms with Gasteiger partial charge < -0.3 is 9.45 Å². The van der Waals surface area contributed by atoms with Crippen molar-refractivity contribution < 1.29 is 9.35 Å². The Balaban J connectivity index is 1.96. The Hall–Kier alpha value is -2.02. The molecule has 0 spiro atoms. The fourth-order valence-electron chi connectivity index (χ4n) is 2.53. The summed E-state index contributed by atoms with van der Waals surface area (Å²) in [5.74, 6) is 0.0600. The molecule has 1 amide bonds. The number of hydrogen-bond donors (Lipinski definition) is 2. The molecule has 25 heavy (non-hydrogen) atoms. The van der Waals surface area contributed by atoms with Gasteiger partial charge in [0.05, 0.1) is 22.6 Å². The summed E-state index contributed by atoms with van der Waals surface area (Å²) in [6.45, 7) is 2.82. The van der Waals surface area contributed by atoms with Gasteiger partial charge >= 0.3 is 0 Å². The van der Waals surface area contributed by atoms with Crippen LogP contribution in [0.2, 0.25) is 5.02 Å². The Bertz CT molecular complexity index is 829. The molecule has 0 fully saturated rings. The molecule has 1 heterocycles. The van der Waals surface area contributed by atoms with Gasteiger partial charge in [0.2, 0.25) is 0 Å². The van der Waals surface area contributed by atoms with Crippen molar-refractivity contribution in [3.05, 3.63) is 58.6 Å². The van der Waals surface area contributed by atoms with Crippen molar-refractivity contribution in [3.8, 4) is 0 Å². The lowest BCUT2D eigenvalue weighted by molar-refractivity contribution is 0.0985. The minimum atomic E-state index is -2.49. The Morgan fingerprint density at radius 2 is 2.04 bits per heavy atom. The van der Waals surface area contributed by atoms with E-state index in [9.17, 15) is 9.35 Å². The average molecular weight is 378 g/mol. The van der Waals surface area contributed by atoms with E-state index in [1.807, 2.05) is 49.2 Å². The molecule has 132 valence electrons. The predicted molar refractivity (Wildman–Crippen MR) is 104 cm³/mol. The Morgan fingerprint density at radius 1 is 1.32 bits per heavy atom. The van der Waals surface area contributed by atoms with Crippen molar-refractivity contribution in [3.63, 3.8) is 0 Å². The summed E-state index contributed by atoms with van der Waals surface area (Å²) in [4.78, 5) is 19.2. The molecule has 1 aliphatic rings. The minimum Gasteiger partial charge on any atom is -0.366 e. The minimum absolute atomic E-state index is 0.291. The molecule has 3 rings (SSSR count). The Labute approximate surface area is 154 Å². The fraction of sp³-hybridized carbons (Fsp3) is 0.222. The van der Waals surface area contributed by atoms with Gasteiger partial charge in [-0.3, -0.25) is 9.52 Å². The average Bonchev–Trinajstić information content (AvgIpc) is 2.83. The zero-order valence-corrected chi connectivity index (χ0v) is 15.6. The van der Waals surface area contributed by atoms with Gasteiger partial charge in [0, 0.05) is 24.2 Å². The van der Waals surface area contributed by atoms with Crippen LogP contribution in [0.25, 0.3) is 0 Å². The van der Waals surface area contributed by atoms with E-state index in [0.717, 1.165) is 12.1 Å². The summed E-state index contributed by atoms with van der Waals surface area (Å²) in [6.07, 6.45) is 1.67. The highest BCUT2D eigenvalue weighted by molar-refractivity contribution is 8.27. The Morgan fingerprint density at radius 3 is 2.72 bits per heavy atom. The predicted octanol–water partition coefficient (Wildman–Crippen LogP) is 4.45. The fourth-order valence-corrected chi connectivity index (χ4v) is 5.07. The summed E-state index contributed by atoms with van der Waals surface area (Å²) in [7, 11) is -0.584. The van der Waals surface area contributed by atoms with E-state index in [2.05, 4.69) is 9.71 Å². The lowest BCUT2D eigenvalue weighted by Crippen LogP contribution is -2.20. The smallest absolute Gasteiger partial charge is 0.262 e. The van der Waals surface area contributed by atoms with Crippen LogP contribution in [0.4, 0.5) is 5.69 Å². The lowest BCUT2D eigenvalue weighted by atomic mass is 10.2. The van der Waals surface area contributed by atoms with Crippen molar-refractivity contribution >= 4 is 40.0 Å². The first kappa shape index (κ1) is 17.8. The first-order chi connectivity index (χ1) is 11.9. The van der Waals surface area contributed by atoms with Gasteiger partial charge in [-0.25, -0.2) is 4.99 Å². The number of fused-ring (bicyclic) bond motifs is 1. The molecule has 1 unspecified atom stereocenters. The molecule has 0 radical (unpaired) electrons. The van der Waals surface area contributed by atoms with Crippen LogP contribution in [0, 0.1) is 0 Å². The molecule has 2 aromatic rings. The number of nitrogens with one attached hydrogen (secondary N) is 1. The molecule has 2 aromatic carbocycles. The number of hydrogen-bond acceptors (Lipinski definition) is 3. The van der Waals surface area contributed by atoms with Gasteiger partial charge in [0.25, 0.3) is 5.91 Å². The molecule has 0 saturated heterocycles. The second-order valence-electron chi connectivity index (χ2n) is 5.88. The van der Waals surface area contributed by atoms with Gasteiger partial charge in [-0.2, -0.15) is 0 Å². The highest BCUT2D eigenvalue weighted by Gasteiger charge is 2.38. The summed E-state index contributed by atoms with van der Waals surface area (Å²) in [5, 5.41) is 0.412. The zero-order chi connectivity index (χ0) is 18.0. The van der Waals surface area contributed by atoms with E-state index in [1.54, 1.807) is 18.5 Å². The lowest BCUT2D eigenvalue weighted by Gasteiger charge is -2.29. The molecule has 1 atom stereocenters. The number of amides is 1. The quantitative estimate of drug-likeness (QED) is 0.597. The number of benzene rings is 2. The monoisotopic (exact) mass is 377 g/mol. The third-order valence-corrected chi connectivity index (χ3v) is 6.67. The number of carbonyl (C=O) groups excluding carboxylic acids is 1. The van der Waals surface area contributed by atoms with Gasteiger partial charge in [-0.05, 0) is 35.1 Å². The molecule has 1 aliphatic heterocycles. The zero-order valence-electron chi connectivity index (χ0n) is 14.1. The largest absolute Gasteiger partial charge is 0.366 e. The first-order valence-corrected chi connectivity index (χ1v) is 10.0. The van der Waals surface area contributed by atoms with Gasteiger partial charge in [0.1, 0.15) is 0 Å². The van der Waals surface area contributed by atoms with Crippen LogP contribution in [-0.2, 0) is 5.75 Å². The molecule has 0 saturated carbocycles. The van der Waals surface area contributed by atoms with E-state index in [-0.39, 0.29) is 5.91 Å². The number of nitrogens with zero attached hydrogens (tertiary/aromatic N) is 2. The van der Waals surface area contributed by atoms with Crippen LogP contribution >= 0.6 is 22.1 Å². The maximum atomic E-state index is 12.4. The summed E-state index contributed by atoms with van der Waals surface area (Å²) >= 11 is 6.34. The van der Waals surface area contributed by atoms with E-state index >= 15 is 0 Å². The highest BCUT2D eigenvalue weighted by Crippen LogP contribution is 2.58. The maximum absolute atomic E-state index is 12.4. The topological polar surface area (TPSA) is 64.9 Å². The van der Waals surface area contributed by atoms with Gasteiger partial charge in [-0.15, -0.1) is 0 Å². The normalized spacial score (nSPS) is 21.7. The van der Waals surface area contributed by atoms with Crippen LogP contribution in [0.3, 0.4) is 0 Å². The SMILES string of the molecule is CCN(C)C=Nc1cc2c(cc1Cl)S(O)(Cc1ccccc1)NC2=O. The highest BCUT2D eigenvalue weighted by atomic mass is 35.5. The summed E-state index contributed by atoms with van der Waals surface area (Å²) in [5.41, 5.74) is 1.90. The third-order valence-electron chi connectivity index (χ3n) is 4.03. The number of aliphatic imine (C=N–C) groups is 1. The van der Waals surface area contributed by atoms with E-state index < -0.39 is 10.5 Å². The van der Waals surface area contributed by atoms with Crippen molar-refractivity contribution in [1.29, 1.82) is 0 Å². The van der Waals surface area contributed by atoms with Crippen molar-refractivity contribution in [2.45, 2.75) is 17.6 Å². The number of halogens is 1. The molecular formula is C18H20ClN3O2S. The van der Waals surface area contributed by atoms with E-state index in [0.29, 0.717) is 26.9 Å². The second-order valence-corrected chi connectivity index (χ2v) is 8.63. The molecule has 0 aliphatic carbocycles. The standard InChI is InChI=1S/C18H20ClN3O2S/c1-3-22(2)12-20-16-9-14-17(10-15(16)19)25(24,21-18(14)23)11-13-7-5-4-6-8-13/h4-10,12,24H,3,11H2,1-2H3,(H,21,23). The summed E-state index contributed by atoms with van der Waals surface area (Å²) in [6, 6.07) is 12.9. The Kier molecular flexibility index (Phi) is 5.03. The second kappa shape index (κ2) is 7.07. The molecule has 0 bridgehead atoms. The third kappa shape index (κ3) is 3.66. The number of rotatable bonds is 5. The molecule has 0 aromatic heterocycles. The van der Waals surface area contributed by atoms with E-state index in [4.69, 9.17) is 11.6 Å². The molecule has 7 heteroatoms. The van der Waals surface area contributed by atoms with Crippen LogP contribution in [0.5, 0.6) is 0 Å². The van der Waals surface area contributed by atoms with Crippen LogP contribution in [0.1, 0.15) is 22.8 Å². The molecular weight excluding hydrogens is 358 g/mol. The van der Waals surface area contributed by atoms with Gasteiger partial charge in [0.15, 0.2) is 0 Å². The van der Waals surface area contributed by atoms with Crippen LogP contribution < -0.4 is 4.72 Å². The van der Waals surface area contributed by atoms with Crippen molar-refractivity contribution in [2.75, 3.05) is 13.6 Å². The number of carbonyl (C=O) groups is 1. The van der Waals surface area contributed by atoms with E-state index in [1.165, 1.54) is 0 Å².